The molecule has 1 rings (SSSR count). The number of hydrogen-bond donors (Lipinski definition) is 0. The van der Waals surface area contributed by atoms with E-state index < -0.39 is 10.1 Å². The second-order valence-electron chi connectivity index (χ2n) is 3.45. The molecule has 0 aliphatic heterocycles. The first-order chi connectivity index (χ1) is 6.52. The molecule has 0 N–H and O–H groups in total. The predicted octanol–water partition coefficient (Wildman–Crippen LogP) is 1.40. The first-order valence-electron chi connectivity index (χ1n) is 4.47. The van der Waals surface area contributed by atoms with Crippen molar-refractivity contribution in [1.29, 1.82) is 0 Å². The molecule has 0 bridgehead atoms. The fraction of sp³-hybridized carbons (Fsp3) is 0.400. The van der Waals surface area contributed by atoms with E-state index in [2.05, 4.69) is 0 Å². The van der Waals surface area contributed by atoms with Crippen molar-refractivity contribution in [2.24, 2.45) is 5.92 Å². The summed E-state index contributed by atoms with van der Waals surface area (Å²) < 4.78 is 27.9. The van der Waals surface area contributed by atoms with Gasteiger partial charge >= 0.3 is 51.4 Å². The van der Waals surface area contributed by atoms with E-state index in [1.54, 1.807) is 18.2 Å². The van der Waals surface area contributed by atoms with Crippen molar-refractivity contribution in [2.75, 3.05) is 6.61 Å². The fourth-order valence-corrected chi connectivity index (χ4v) is 1.96. The van der Waals surface area contributed by atoms with Gasteiger partial charge in [0.1, 0.15) is 0 Å². The molecule has 0 saturated carbocycles. The average molecular weight is 254 g/mol. The Morgan fingerprint density at radius 2 is 1.73 bits per heavy atom. The second kappa shape index (κ2) is 7.16. The van der Waals surface area contributed by atoms with Crippen LogP contribution in [0.1, 0.15) is 13.8 Å². The molecule has 0 amide bonds. The molecule has 0 unspecified atom stereocenters. The van der Waals surface area contributed by atoms with Crippen LogP contribution in [0.5, 0.6) is 0 Å². The van der Waals surface area contributed by atoms with E-state index in [-0.39, 0.29) is 68.8 Å². The molecule has 0 fully saturated rings. The van der Waals surface area contributed by atoms with Crippen LogP contribution in [0.4, 0.5) is 0 Å². The van der Waals surface area contributed by atoms with Gasteiger partial charge in [0.2, 0.25) is 0 Å². The van der Waals surface area contributed by atoms with Gasteiger partial charge in [0.05, 0.1) is 11.5 Å². The number of hydrogen-bond acceptors (Lipinski definition) is 3. The zero-order valence-electron chi connectivity index (χ0n) is 8.30. The zero-order valence-corrected chi connectivity index (χ0v) is 9.12. The molecule has 15 heavy (non-hydrogen) atoms. The molecule has 0 heterocycles. The van der Waals surface area contributed by atoms with Crippen molar-refractivity contribution < 1.29 is 12.6 Å². The van der Waals surface area contributed by atoms with Crippen LogP contribution < -0.4 is 0 Å². The molecule has 80 valence electrons. The molecule has 0 atom stereocenters. The third-order valence-electron chi connectivity index (χ3n) is 1.59. The standard InChI is InChI=1S/C10H14O3S.K.H/c1-9(2)8-13-14(11,12)10-6-4-3-5-7-10;;/h3-7,9H,8H2,1-2H3;;. The minimum atomic E-state index is -3.56. The molecule has 3 nitrogen and oxygen atoms in total. The summed E-state index contributed by atoms with van der Waals surface area (Å²) >= 11 is 0. The molecular formula is C10H15KO3S. The fourth-order valence-electron chi connectivity index (χ4n) is 0.881. The number of benzene rings is 1. The zero-order chi connectivity index (χ0) is 10.6. The SMILES string of the molecule is CC(C)COS(=O)(=O)c1ccccc1.[KH]. The van der Waals surface area contributed by atoms with Crippen LogP contribution in [-0.2, 0) is 14.3 Å². The Balaban J connectivity index is 0.00000196. The topological polar surface area (TPSA) is 43.4 Å². The summed E-state index contributed by atoms with van der Waals surface area (Å²) in [5.41, 5.74) is 0. The van der Waals surface area contributed by atoms with E-state index in [1.807, 2.05) is 13.8 Å². The Bertz CT molecular complexity index is 373. The van der Waals surface area contributed by atoms with Crippen LogP contribution in [0.25, 0.3) is 0 Å². The van der Waals surface area contributed by atoms with Crippen molar-refractivity contribution in [3.63, 3.8) is 0 Å². The van der Waals surface area contributed by atoms with E-state index in [9.17, 15) is 8.42 Å². The minimum absolute atomic E-state index is 0. The molecule has 0 saturated heterocycles. The van der Waals surface area contributed by atoms with Gasteiger partial charge in [-0.1, -0.05) is 32.0 Å². The third-order valence-corrected chi connectivity index (χ3v) is 2.88. The van der Waals surface area contributed by atoms with Gasteiger partial charge in [0, 0.05) is 0 Å². The first kappa shape index (κ1) is 15.8. The molecule has 5 heteroatoms. The molecule has 0 aromatic heterocycles. The molecule has 0 radical (unpaired) electrons. The van der Waals surface area contributed by atoms with Crippen molar-refractivity contribution in [2.45, 2.75) is 18.7 Å². The summed E-state index contributed by atoms with van der Waals surface area (Å²) in [7, 11) is -3.56. The van der Waals surface area contributed by atoms with Gasteiger partial charge in [-0.25, -0.2) is 0 Å². The molecule has 0 aliphatic rings. The Hall–Kier alpha value is 0.766. The van der Waals surface area contributed by atoms with E-state index in [0.717, 1.165) is 0 Å². The summed E-state index contributed by atoms with van der Waals surface area (Å²) in [5.74, 6) is 0.202. The molecule has 0 aliphatic carbocycles. The van der Waals surface area contributed by atoms with Gasteiger partial charge in [-0.05, 0) is 18.1 Å². The number of rotatable bonds is 4. The summed E-state index contributed by atoms with van der Waals surface area (Å²) in [4.78, 5) is 0.209. The summed E-state index contributed by atoms with van der Waals surface area (Å²) in [6, 6.07) is 8.16. The molecule has 1 aromatic rings. The van der Waals surface area contributed by atoms with Gasteiger partial charge in [0.15, 0.2) is 0 Å². The van der Waals surface area contributed by atoms with E-state index in [0.29, 0.717) is 0 Å². The molecular weight excluding hydrogens is 239 g/mol. The quantitative estimate of drug-likeness (QED) is 0.602. The van der Waals surface area contributed by atoms with Gasteiger partial charge in [-0.2, -0.15) is 8.42 Å². The van der Waals surface area contributed by atoms with Gasteiger partial charge < -0.3 is 0 Å². The van der Waals surface area contributed by atoms with Crippen molar-refractivity contribution in [3.8, 4) is 0 Å². The van der Waals surface area contributed by atoms with Crippen LogP contribution >= 0.6 is 0 Å². The molecule has 1 aromatic carbocycles. The van der Waals surface area contributed by atoms with Crippen LogP contribution in [-0.4, -0.2) is 66.4 Å². The normalized spacial score (nSPS) is 11.1. The summed E-state index contributed by atoms with van der Waals surface area (Å²) in [6.45, 7) is 4.03. The Kier molecular flexibility index (Phi) is 7.53. The molecule has 0 spiro atoms. The van der Waals surface area contributed by atoms with Crippen molar-refractivity contribution in [3.05, 3.63) is 30.3 Å². The van der Waals surface area contributed by atoms with E-state index in [1.165, 1.54) is 12.1 Å². The first-order valence-corrected chi connectivity index (χ1v) is 5.87. The Labute approximate surface area is 134 Å². The maximum atomic E-state index is 11.5. The van der Waals surface area contributed by atoms with Gasteiger partial charge in [0.25, 0.3) is 10.1 Å². The van der Waals surface area contributed by atoms with Gasteiger partial charge in [-0.3, -0.25) is 4.18 Å². The van der Waals surface area contributed by atoms with Crippen LogP contribution in [0.15, 0.2) is 35.2 Å². The summed E-state index contributed by atoms with van der Waals surface area (Å²) in [6.07, 6.45) is 0. The van der Waals surface area contributed by atoms with E-state index in [4.69, 9.17) is 4.18 Å². The van der Waals surface area contributed by atoms with Crippen LogP contribution in [0.3, 0.4) is 0 Å². The summed E-state index contributed by atoms with van der Waals surface area (Å²) in [5, 5.41) is 0. The van der Waals surface area contributed by atoms with Crippen LogP contribution in [0, 0.1) is 5.92 Å². The Morgan fingerprint density at radius 1 is 1.20 bits per heavy atom. The second-order valence-corrected chi connectivity index (χ2v) is 5.06. The van der Waals surface area contributed by atoms with Crippen molar-refractivity contribution in [1.82, 2.24) is 0 Å². The van der Waals surface area contributed by atoms with E-state index >= 15 is 0 Å². The van der Waals surface area contributed by atoms with Crippen molar-refractivity contribution >= 4 is 61.5 Å². The van der Waals surface area contributed by atoms with Gasteiger partial charge in [-0.15, -0.1) is 0 Å². The van der Waals surface area contributed by atoms with Crippen LogP contribution in [0.2, 0.25) is 0 Å². The maximum absolute atomic E-state index is 11.5. The predicted molar refractivity (Wildman–Crippen MR) is 61.6 cm³/mol. The monoisotopic (exact) mass is 254 g/mol. The average Bonchev–Trinajstić information content (AvgIpc) is 2.16. The Morgan fingerprint density at radius 3 is 2.20 bits per heavy atom. The third kappa shape index (κ3) is 5.58.